The number of aromatic nitrogens is 2. The first-order valence-corrected chi connectivity index (χ1v) is 10.8. The van der Waals surface area contributed by atoms with Crippen molar-refractivity contribution in [3.05, 3.63) is 84.3 Å². The van der Waals surface area contributed by atoms with E-state index in [1.165, 1.54) is 0 Å². The summed E-state index contributed by atoms with van der Waals surface area (Å²) in [5.74, 6) is 0.707. The number of anilines is 1. The number of carbonyl (C=O) groups excluding carboxylic acids is 1. The molecule has 1 unspecified atom stereocenters. The second kappa shape index (κ2) is 6.95. The van der Waals surface area contributed by atoms with Gasteiger partial charge in [0.25, 0.3) is 5.56 Å². The minimum atomic E-state index is -0.695. The quantitative estimate of drug-likeness (QED) is 0.505. The number of halogens is 1. The van der Waals surface area contributed by atoms with Crippen LogP contribution in [0.15, 0.2) is 66.1 Å². The maximum absolute atomic E-state index is 13.2. The van der Waals surface area contributed by atoms with Crippen molar-refractivity contribution in [1.82, 2.24) is 9.97 Å². The largest absolute Gasteiger partial charge is 0.460 e. The number of fused-ring (bicyclic) bond motifs is 1. The summed E-state index contributed by atoms with van der Waals surface area (Å²) in [6.45, 7) is 4.06. The monoisotopic (exact) mass is 481 g/mol. The molecule has 1 atom stereocenters. The topological polar surface area (TPSA) is 108 Å². The molecule has 2 aromatic heterocycles. The standard InChI is InChI=1S/C23H20BrN3O4/c1-23(2)9-13-17(14(28)10-23)18(19-20(25-13)26-22(30)27-21(19)29)16-8-7-15(31-16)11-3-5-12(24)6-4-11/h3-8,18H,9-10H2,1-2H3,(H3,25,26,27,29,30). The van der Waals surface area contributed by atoms with Crippen molar-refractivity contribution in [2.24, 2.45) is 5.41 Å². The second-order valence-corrected chi connectivity index (χ2v) is 9.71. The number of aromatic amines is 2. The van der Waals surface area contributed by atoms with Crippen LogP contribution in [0, 0.1) is 5.41 Å². The minimum Gasteiger partial charge on any atom is -0.460 e. The maximum atomic E-state index is 13.2. The highest BCUT2D eigenvalue weighted by molar-refractivity contribution is 9.10. The van der Waals surface area contributed by atoms with Gasteiger partial charge >= 0.3 is 5.69 Å². The summed E-state index contributed by atoms with van der Waals surface area (Å²) >= 11 is 3.42. The first-order valence-electron chi connectivity index (χ1n) is 9.97. The molecule has 5 rings (SSSR count). The van der Waals surface area contributed by atoms with Crippen LogP contribution in [-0.4, -0.2) is 15.8 Å². The van der Waals surface area contributed by atoms with Gasteiger partial charge < -0.3 is 9.73 Å². The van der Waals surface area contributed by atoms with Gasteiger partial charge in [0.05, 0.1) is 11.5 Å². The van der Waals surface area contributed by atoms with Gasteiger partial charge in [-0.3, -0.25) is 19.6 Å². The number of allylic oxidation sites excluding steroid dienone is 2. The van der Waals surface area contributed by atoms with Crippen LogP contribution in [0.5, 0.6) is 0 Å². The van der Waals surface area contributed by atoms with Gasteiger partial charge in [0.2, 0.25) is 0 Å². The van der Waals surface area contributed by atoms with Crippen LogP contribution in [0.25, 0.3) is 11.3 Å². The van der Waals surface area contributed by atoms with E-state index in [0.29, 0.717) is 35.8 Å². The van der Waals surface area contributed by atoms with Crippen LogP contribution in [-0.2, 0) is 4.79 Å². The van der Waals surface area contributed by atoms with Gasteiger partial charge in [0.1, 0.15) is 17.3 Å². The molecule has 0 spiro atoms. The maximum Gasteiger partial charge on any atom is 0.327 e. The molecule has 2 aliphatic rings. The zero-order valence-electron chi connectivity index (χ0n) is 17.0. The van der Waals surface area contributed by atoms with Crippen molar-refractivity contribution in [3.63, 3.8) is 0 Å². The van der Waals surface area contributed by atoms with Crippen molar-refractivity contribution in [2.45, 2.75) is 32.6 Å². The Balaban J connectivity index is 1.70. The molecule has 3 N–H and O–H groups in total. The third kappa shape index (κ3) is 3.40. The molecule has 31 heavy (non-hydrogen) atoms. The average molecular weight is 482 g/mol. The first-order chi connectivity index (χ1) is 14.7. The second-order valence-electron chi connectivity index (χ2n) is 8.80. The Hall–Kier alpha value is -3.13. The molecule has 0 radical (unpaired) electrons. The molecular formula is C23H20BrN3O4. The van der Waals surface area contributed by atoms with E-state index < -0.39 is 17.2 Å². The third-order valence-corrected chi connectivity index (χ3v) is 6.32. The number of furan rings is 1. The van der Waals surface area contributed by atoms with Crippen molar-refractivity contribution in [3.8, 4) is 11.3 Å². The molecule has 0 saturated carbocycles. The van der Waals surface area contributed by atoms with Crippen LogP contribution >= 0.6 is 15.9 Å². The smallest absolute Gasteiger partial charge is 0.327 e. The zero-order valence-corrected chi connectivity index (χ0v) is 18.6. The fourth-order valence-corrected chi connectivity index (χ4v) is 4.77. The Morgan fingerprint density at radius 3 is 2.48 bits per heavy atom. The normalized spacial score (nSPS) is 19.6. The number of hydrogen-bond donors (Lipinski definition) is 3. The van der Waals surface area contributed by atoms with Gasteiger partial charge in [-0.25, -0.2) is 4.79 Å². The highest BCUT2D eigenvalue weighted by Crippen LogP contribution is 2.47. The fourth-order valence-electron chi connectivity index (χ4n) is 4.51. The molecule has 0 amide bonds. The molecule has 0 bridgehead atoms. The lowest BCUT2D eigenvalue weighted by Crippen LogP contribution is -2.38. The lowest BCUT2D eigenvalue weighted by molar-refractivity contribution is -0.118. The highest BCUT2D eigenvalue weighted by Gasteiger charge is 2.43. The van der Waals surface area contributed by atoms with Crippen LogP contribution in [0.2, 0.25) is 0 Å². The number of H-pyrrole nitrogens is 2. The van der Waals surface area contributed by atoms with Crippen molar-refractivity contribution < 1.29 is 9.21 Å². The minimum absolute atomic E-state index is 0.0263. The summed E-state index contributed by atoms with van der Waals surface area (Å²) in [4.78, 5) is 42.9. The lowest BCUT2D eigenvalue weighted by atomic mass is 9.70. The summed E-state index contributed by atoms with van der Waals surface area (Å²) in [7, 11) is 0. The summed E-state index contributed by atoms with van der Waals surface area (Å²) in [5, 5.41) is 3.15. The molecule has 3 aromatic rings. The van der Waals surface area contributed by atoms with Crippen LogP contribution in [0.4, 0.5) is 5.82 Å². The number of nitrogens with one attached hydrogen (secondary N) is 3. The summed E-state index contributed by atoms with van der Waals surface area (Å²) < 4.78 is 7.12. The number of ketones is 1. The molecule has 1 aromatic carbocycles. The van der Waals surface area contributed by atoms with Gasteiger partial charge in [-0.1, -0.05) is 41.9 Å². The molecule has 1 aliphatic heterocycles. The Morgan fingerprint density at radius 2 is 1.74 bits per heavy atom. The van der Waals surface area contributed by atoms with Crippen LogP contribution < -0.4 is 16.6 Å². The zero-order chi connectivity index (χ0) is 21.9. The molecule has 7 nitrogen and oxygen atoms in total. The van der Waals surface area contributed by atoms with E-state index in [-0.39, 0.29) is 16.8 Å². The van der Waals surface area contributed by atoms with Gasteiger partial charge in [-0.15, -0.1) is 0 Å². The lowest BCUT2D eigenvalue weighted by Gasteiger charge is -2.37. The van der Waals surface area contributed by atoms with E-state index in [9.17, 15) is 14.4 Å². The van der Waals surface area contributed by atoms with E-state index >= 15 is 0 Å². The molecule has 1 aliphatic carbocycles. The Kier molecular flexibility index (Phi) is 4.44. The van der Waals surface area contributed by atoms with Crippen LogP contribution in [0.1, 0.15) is 43.9 Å². The van der Waals surface area contributed by atoms with Gasteiger partial charge in [-0.05, 0) is 36.1 Å². The molecule has 0 saturated heterocycles. The van der Waals surface area contributed by atoms with Crippen molar-refractivity contribution >= 4 is 27.5 Å². The highest BCUT2D eigenvalue weighted by atomic mass is 79.9. The summed E-state index contributed by atoms with van der Waals surface area (Å²) in [6.07, 6.45) is 1.00. The summed E-state index contributed by atoms with van der Waals surface area (Å²) in [5.41, 5.74) is 1.05. The van der Waals surface area contributed by atoms with Crippen molar-refractivity contribution in [2.75, 3.05) is 5.32 Å². The number of rotatable bonds is 2. The first kappa shape index (κ1) is 19.8. The van der Waals surface area contributed by atoms with Crippen LogP contribution in [0.3, 0.4) is 0 Å². The Morgan fingerprint density at radius 1 is 1.00 bits per heavy atom. The number of benzene rings is 1. The Bertz CT molecular complexity index is 1360. The number of carbonyl (C=O) groups is 1. The SMILES string of the molecule is CC1(C)CC(=O)C2=C(C1)Nc1[nH]c(=O)[nH]c(=O)c1C2c1ccc(-c2ccc(Br)cc2)o1. The molecule has 8 heteroatoms. The van der Waals surface area contributed by atoms with Gasteiger partial charge in [0.15, 0.2) is 5.78 Å². The number of hydrogen-bond acceptors (Lipinski definition) is 5. The van der Waals surface area contributed by atoms with E-state index in [1.54, 1.807) is 6.07 Å². The number of Topliss-reactive ketones (excluding diaryl/α,β-unsaturated/α-hetero) is 1. The molecule has 0 fully saturated rings. The predicted octanol–water partition coefficient (Wildman–Crippen LogP) is 4.29. The molecular weight excluding hydrogens is 462 g/mol. The molecule has 3 heterocycles. The van der Waals surface area contributed by atoms with Gasteiger partial charge in [-0.2, -0.15) is 0 Å². The van der Waals surface area contributed by atoms with Gasteiger partial charge in [0, 0.05) is 27.7 Å². The average Bonchev–Trinajstić information content (AvgIpc) is 3.15. The fraction of sp³-hybridized carbons (Fsp3) is 0.261. The van der Waals surface area contributed by atoms with Crippen molar-refractivity contribution in [1.29, 1.82) is 0 Å². The van der Waals surface area contributed by atoms with E-state index in [2.05, 4.69) is 31.2 Å². The Labute approximate surface area is 185 Å². The third-order valence-electron chi connectivity index (χ3n) is 5.79. The van der Waals surface area contributed by atoms with E-state index in [1.807, 2.05) is 44.2 Å². The van der Waals surface area contributed by atoms with E-state index in [0.717, 1.165) is 15.7 Å². The van der Waals surface area contributed by atoms with E-state index in [4.69, 9.17) is 4.42 Å². The molecule has 158 valence electrons. The predicted molar refractivity (Wildman–Crippen MR) is 120 cm³/mol. The summed E-state index contributed by atoms with van der Waals surface area (Å²) in [6, 6.07) is 11.3.